The molecule has 1 saturated carbocycles. The Morgan fingerprint density at radius 1 is 1.41 bits per heavy atom. The van der Waals surface area contributed by atoms with Crippen LogP contribution in [0.15, 0.2) is 0 Å². The number of imide groups is 1. The number of aliphatic hydroxyl groups is 1. The number of nitrogens with zero attached hydrogens (tertiary/aromatic N) is 1. The van der Waals surface area contributed by atoms with Crippen molar-refractivity contribution in [2.24, 2.45) is 0 Å². The molecular weight excluding hydrogens is 222 g/mol. The minimum absolute atomic E-state index is 0.167. The monoisotopic (exact) mass is 241 g/mol. The van der Waals surface area contributed by atoms with E-state index in [0.29, 0.717) is 19.5 Å². The number of likely N-dealkylation sites (tertiary alicyclic amines) is 1. The van der Waals surface area contributed by atoms with Crippen LogP contribution in [0.2, 0.25) is 0 Å². The molecule has 6 heteroatoms. The molecule has 0 bridgehead atoms. The van der Waals surface area contributed by atoms with Crippen LogP contribution < -0.4 is 10.6 Å². The summed E-state index contributed by atoms with van der Waals surface area (Å²) in [5.74, 6) is -0.318. The summed E-state index contributed by atoms with van der Waals surface area (Å²) in [6.45, 7) is 3.09. The van der Waals surface area contributed by atoms with Crippen LogP contribution in [-0.2, 0) is 4.79 Å². The standard InChI is InChI=1S/C11H19N3O3/c1-2-11(17)6-14(7-11)5-9(15)13-10(16)12-8-3-4-8/h8,17H,2-7H2,1H3,(H2,12,13,15,16). The van der Waals surface area contributed by atoms with Gasteiger partial charge in [0.05, 0.1) is 12.1 Å². The fraction of sp³-hybridized carbons (Fsp3) is 0.818. The Bertz CT molecular complexity index is 322. The smallest absolute Gasteiger partial charge is 0.321 e. The Morgan fingerprint density at radius 3 is 2.59 bits per heavy atom. The second kappa shape index (κ2) is 4.62. The van der Waals surface area contributed by atoms with Gasteiger partial charge in [-0.15, -0.1) is 0 Å². The van der Waals surface area contributed by atoms with Gasteiger partial charge in [0, 0.05) is 19.1 Å². The molecule has 3 N–H and O–H groups in total. The summed E-state index contributed by atoms with van der Waals surface area (Å²) in [6, 6.07) is -0.166. The zero-order valence-corrected chi connectivity index (χ0v) is 10.0. The Labute approximate surface area is 100 Å². The first-order valence-corrected chi connectivity index (χ1v) is 6.06. The lowest BCUT2D eigenvalue weighted by molar-refractivity contribution is -0.131. The molecule has 96 valence electrons. The van der Waals surface area contributed by atoms with Crippen molar-refractivity contribution in [1.82, 2.24) is 15.5 Å². The zero-order valence-electron chi connectivity index (χ0n) is 10.0. The summed E-state index contributed by atoms with van der Waals surface area (Å²) < 4.78 is 0. The van der Waals surface area contributed by atoms with Crippen LogP contribution in [0.1, 0.15) is 26.2 Å². The predicted octanol–water partition coefficient (Wildman–Crippen LogP) is -0.569. The van der Waals surface area contributed by atoms with Crippen LogP contribution in [0.25, 0.3) is 0 Å². The molecule has 0 aromatic heterocycles. The van der Waals surface area contributed by atoms with E-state index in [9.17, 15) is 14.7 Å². The van der Waals surface area contributed by atoms with Crippen LogP contribution in [0.4, 0.5) is 4.79 Å². The molecule has 0 radical (unpaired) electrons. The molecule has 0 aromatic rings. The van der Waals surface area contributed by atoms with Gasteiger partial charge in [0.1, 0.15) is 0 Å². The molecule has 1 heterocycles. The summed E-state index contributed by atoms with van der Waals surface area (Å²) in [5.41, 5.74) is -0.642. The van der Waals surface area contributed by atoms with Crippen molar-refractivity contribution < 1.29 is 14.7 Å². The highest BCUT2D eigenvalue weighted by atomic mass is 16.3. The quantitative estimate of drug-likeness (QED) is 0.616. The van der Waals surface area contributed by atoms with Crippen molar-refractivity contribution in [3.05, 3.63) is 0 Å². The SMILES string of the molecule is CCC1(O)CN(CC(=O)NC(=O)NC2CC2)C1. The number of nitrogens with one attached hydrogen (secondary N) is 2. The third-order valence-corrected chi connectivity index (χ3v) is 3.23. The average Bonchev–Trinajstić information content (AvgIpc) is 2.98. The summed E-state index contributed by atoms with van der Waals surface area (Å²) in [6.07, 6.45) is 2.68. The van der Waals surface area contributed by atoms with Gasteiger partial charge in [-0.3, -0.25) is 15.0 Å². The van der Waals surface area contributed by atoms with Crippen molar-refractivity contribution in [2.75, 3.05) is 19.6 Å². The highest BCUT2D eigenvalue weighted by Gasteiger charge is 2.40. The zero-order chi connectivity index (χ0) is 12.5. The Morgan fingerprint density at radius 2 is 2.06 bits per heavy atom. The summed E-state index contributed by atoms with van der Waals surface area (Å²) >= 11 is 0. The number of β-amino-alcohol motifs (C(OH)–C–C–N with tert-alkyl or cyclic N) is 1. The van der Waals surface area contributed by atoms with E-state index in [0.717, 1.165) is 12.8 Å². The van der Waals surface area contributed by atoms with Crippen molar-refractivity contribution in [1.29, 1.82) is 0 Å². The van der Waals surface area contributed by atoms with Gasteiger partial charge in [0.2, 0.25) is 5.91 Å². The van der Waals surface area contributed by atoms with Crippen LogP contribution in [0.5, 0.6) is 0 Å². The molecule has 3 amide bonds. The molecule has 1 aliphatic heterocycles. The van der Waals surface area contributed by atoms with E-state index in [1.54, 1.807) is 0 Å². The van der Waals surface area contributed by atoms with Crippen LogP contribution >= 0.6 is 0 Å². The van der Waals surface area contributed by atoms with E-state index in [-0.39, 0.29) is 18.5 Å². The number of hydrogen-bond acceptors (Lipinski definition) is 4. The molecule has 1 aliphatic carbocycles. The Hall–Kier alpha value is -1.14. The Kier molecular flexibility index (Phi) is 3.35. The summed E-state index contributed by atoms with van der Waals surface area (Å²) in [7, 11) is 0. The van der Waals surface area contributed by atoms with E-state index in [1.165, 1.54) is 0 Å². The highest BCUT2D eigenvalue weighted by Crippen LogP contribution is 2.23. The first-order valence-electron chi connectivity index (χ1n) is 6.06. The fourth-order valence-electron chi connectivity index (χ4n) is 1.94. The summed E-state index contributed by atoms with van der Waals surface area (Å²) in [5, 5.41) is 14.7. The number of rotatable bonds is 4. The number of hydrogen-bond donors (Lipinski definition) is 3. The van der Waals surface area contributed by atoms with E-state index in [4.69, 9.17) is 0 Å². The lowest BCUT2D eigenvalue weighted by Gasteiger charge is -2.45. The van der Waals surface area contributed by atoms with Gasteiger partial charge in [-0.1, -0.05) is 6.92 Å². The molecule has 1 saturated heterocycles. The van der Waals surface area contributed by atoms with Gasteiger partial charge in [-0.25, -0.2) is 4.79 Å². The van der Waals surface area contributed by atoms with Crippen LogP contribution in [0, 0.1) is 0 Å². The van der Waals surface area contributed by atoms with Crippen molar-refractivity contribution in [2.45, 2.75) is 37.8 Å². The highest BCUT2D eigenvalue weighted by molar-refractivity contribution is 5.95. The largest absolute Gasteiger partial charge is 0.387 e. The maximum absolute atomic E-state index is 11.5. The topological polar surface area (TPSA) is 81.7 Å². The normalized spacial score (nSPS) is 22.7. The molecule has 6 nitrogen and oxygen atoms in total. The summed E-state index contributed by atoms with van der Waals surface area (Å²) in [4.78, 5) is 24.5. The van der Waals surface area contributed by atoms with Crippen LogP contribution in [0.3, 0.4) is 0 Å². The number of carbonyl (C=O) groups excluding carboxylic acids is 2. The molecule has 2 fully saturated rings. The number of urea groups is 1. The van der Waals surface area contributed by atoms with Crippen molar-refractivity contribution >= 4 is 11.9 Å². The van der Waals surface area contributed by atoms with Gasteiger partial charge < -0.3 is 10.4 Å². The first-order chi connectivity index (χ1) is 8.00. The van der Waals surface area contributed by atoms with E-state index < -0.39 is 11.6 Å². The van der Waals surface area contributed by atoms with E-state index >= 15 is 0 Å². The maximum Gasteiger partial charge on any atom is 0.321 e. The maximum atomic E-state index is 11.5. The minimum Gasteiger partial charge on any atom is -0.387 e. The van der Waals surface area contributed by atoms with E-state index in [2.05, 4.69) is 10.6 Å². The van der Waals surface area contributed by atoms with Crippen LogP contribution in [-0.4, -0.2) is 53.2 Å². The molecule has 0 atom stereocenters. The molecule has 0 spiro atoms. The molecule has 17 heavy (non-hydrogen) atoms. The Balaban J connectivity index is 1.63. The van der Waals surface area contributed by atoms with E-state index in [1.807, 2.05) is 11.8 Å². The molecule has 2 aliphatic rings. The third kappa shape index (κ3) is 3.41. The second-order valence-electron chi connectivity index (χ2n) is 5.02. The molecular formula is C11H19N3O3. The lowest BCUT2D eigenvalue weighted by Crippen LogP contribution is -2.63. The lowest BCUT2D eigenvalue weighted by atomic mass is 9.91. The fourth-order valence-corrected chi connectivity index (χ4v) is 1.94. The second-order valence-corrected chi connectivity index (χ2v) is 5.02. The number of amides is 3. The van der Waals surface area contributed by atoms with Crippen molar-refractivity contribution in [3.8, 4) is 0 Å². The average molecular weight is 241 g/mol. The number of carbonyl (C=O) groups is 2. The van der Waals surface area contributed by atoms with Gasteiger partial charge in [-0.05, 0) is 19.3 Å². The molecule has 2 rings (SSSR count). The van der Waals surface area contributed by atoms with Gasteiger partial charge in [0.15, 0.2) is 0 Å². The first kappa shape index (κ1) is 12.3. The van der Waals surface area contributed by atoms with Crippen molar-refractivity contribution in [3.63, 3.8) is 0 Å². The molecule has 0 unspecified atom stereocenters. The van der Waals surface area contributed by atoms with Gasteiger partial charge in [-0.2, -0.15) is 0 Å². The third-order valence-electron chi connectivity index (χ3n) is 3.23. The predicted molar refractivity (Wildman–Crippen MR) is 61.4 cm³/mol. The van der Waals surface area contributed by atoms with Gasteiger partial charge in [0.25, 0.3) is 0 Å². The minimum atomic E-state index is -0.642. The van der Waals surface area contributed by atoms with Gasteiger partial charge >= 0.3 is 6.03 Å². The molecule has 0 aromatic carbocycles.